The molecule has 4 nitrogen and oxygen atoms in total. The van der Waals surface area contributed by atoms with Gasteiger partial charge in [0.1, 0.15) is 5.75 Å². The molecule has 124 valence electrons. The van der Waals surface area contributed by atoms with Crippen molar-refractivity contribution in [1.29, 1.82) is 0 Å². The largest absolute Gasteiger partial charge is 0.497 e. The maximum Gasteiger partial charge on any atom is 0.161 e. The van der Waals surface area contributed by atoms with Crippen molar-refractivity contribution in [3.63, 3.8) is 0 Å². The molecule has 0 aliphatic rings. The number of hydrogen-bond donors (Lipinski definition) is 0. The van der Waals surface area contributed by atoms with Crippen LogP contribution in [0.5, 0.6) is 17.2 Å². The van der Waals surface area contributed by atoms with E-state index in [0.29, 0.717) is 0 Å². The molecule has 0 heterocycles. The smallest absolute Gasteiger partial charge is 0.161 e. The number of rotatable bonds is 8. The zero-order valence-electron chi connectivity index (χ0n) is 14.3. The first-order valence-corrected chi connectivity index (χ1v) is 7.76. The average Bonchev–Trinajstić information content (AvgIpc) is 2.61. The van der Waals surface area contributed by atoms with Gasteiger partial charge in [-0.2, -0.15) is 0 Å². The summed E-state index contributed by atoms with van der Waals surface area (Å²) in [6.45, 7) is 4.86. The minimum Gasteiger partial charge on any atom is -0.497 e. The molecule has 2 rings (SSSR count). The van der Waals surface area contributed by atoms with E-state index >= 15 is 0 Å². The number of nitrogens with zero attached hydrogens (tertiary/aromatic N) is 1. The highest BCUT2D eigenvalue weighted by Gasteiger charge is 2.09. The standard InChI is InChI=1S/C19H25NO3/c1-5-20(13-15-7-6-8-17(11-15)21-2)14-16-9-10-18(22-3)19(12-16)23-4/h6-12H,5,13-14H2,1-4H3. The van der Waals surface area contributed by atoms with Crippen LogP contribution < -0.4 is 14.2 Å². The van der Waals surface area contributed by atoms with Crippen molar-refractivity contribution in [2.75, 3.05) is 27.9 Å². The van der Waals surface area contributed by atoms with Gasteiger partial charge in [0, 0.05) is 13.1 Å². The van der Waals surface area contributed by atoms with Gasteiger partial charge in [0.05, 0.1) is 21.3 Å². The minimum atomic E-state index is 0.757. The van der Waals surface area contributed by atoms with Gasteiger partial charge in [-0.1, -0.05) is 25.1 Å². The van der Waals surface area contributed by atoms with Crippen LogP contribution in [0.1, 0.15) is 18.1 Å². The van der Waals surface area contributed by atoms with Crippen molar-refractivity contribution in [1.82, 2.24) is 4.90 Å². The molecule has 0 aliphatic carbocycles. The van der Waals surface area contributed by atoms with E-state index in [1.54, 1.807) is 21.3 Å². The Labute approximate surface area is 138 Å². The van der Waals surface area contributed by atoms with Crippen LogP contribution in [0.2, 0.25) is 0 Å². The third-order valence-electron chi connectivity index (χ3n) is 3.84. The molecule has 0 atom stereocenters. The van der Waals surface area contributed by atoms with Crippen LogP contribution in [0.4, 0.5) is 0 Å². The zero-order chi connectivity index (χ0) is 16.7. The maximum absolute atomic E-state index is 5.38. The average molecular weight is 315 g/mol. The molecule has 0 amide bonds. The fourth-order valence-electron chi connectivity index (χ4n) is 2.55. The first kappa shape index (κ1) is 17.2. The molecule has 0 saturated carbocycles. The van der Waals surface area contributed by atoms with E-state index in [9.17, 15) is 0 Å². The van der Waals surface area contributed by atoms with E-state index in [0.717, 1.165) is 36.9 Å². The summed E-state index contributed by atoms with van der Waals surface area (Å²) in [7, 11) is 5.01. The summed E-state index contributed by atoms with van der Waals surface area (Å²) in [5, 5.41) is 0. The molecule has 0 radical (unpaired) electrons. The van der Waals surface area contributed by atoms with Gasteiger partial charge in [-0.15, -0.1) is 0 Å². The second-order valence-electron chi connectivity index (χ2n) is 5.34. The van der Waals surface area contributed by atoms with Crippen LogP contribution >= 0.6 is 0 Å². The highest BCUT2D eigenvalue weighted by Crippen LogP contribution is 2.28. The lowest BCUT2D eigenvalue weighted by molar-refractivity contribution is 0.270. The summed E-state index contributed by atoms with van der Waals surface area (Å²) >= 11 is 0. The Morgan fingerprint density at radius 2 is 1.48 bits per heavy atom. The van der Waals surface area contributed by atoms with Crippen LogP contribution in [-0.4, -0.2) is 32.8 Å². The Morgan fingerprint density at radius 3 is 2.09 bits per heavy atom. The molecule has 0 saturated heterocycles. The predicted molar refractivity (Wildman–Crippen MR) is 92.3 cm³/mol. The Balaban J connectivity index is 2.09. The maximum atomic E-state index is 5.38. The van der Waals surface area contributed by atoms with E-state index in [4.69, 9.17) is 14.2 Å². The summed E-state index contributed by atoms with van der Waals surface area (Å²) in [6, 6.07) is 14.3. The van der Waals surface area contributed by atoms with Gasteiger partial charge >= 0.3 is 0 Å². The molecule has 0 fully saturated rings. The summed E-state index contributed by atoms with van der Waals surface area (Å²) in [4.78, 5) is 2.37. The molecule has 0 N–H and O–H groups in total. The zero-order valence-corrected chi connectivity index (χ0v) is 14.3. The first-order valence-electron chi connectivity index (χ1n) is 7.76. The summed E-state index contributed by atoms with van der Waals surface area (Å²) in [6.07, 6.45) is 0. The molecule has 2 aromatic carbocycles. The fraction of sp³-hybridized carbons (Fsp3) is 0.368. The van der Waals surface area contributed by atoms with Crippen molar-refractivity contribution in [3.05, 3.63) is 53.6 Å². The van der Waals surface area contributed by atoms with Crippen molar-refractivity contribution in [2.45, 2.75) is 20.0 Å². The second kappa shape index (κ2) is 8.44. The van der Waals surface area contributed by atoms with Gasteiger partial charge in [-0.3, -0.25) is 4.90 Å². The highest BCUT2D eigenvalue weighted by atomic mass is 16.5. The van der Waals surface area contributed by atoms with E-state index in [-0.39, 0.29) is 0 Å². The number of benzene rings is 2. The molecule has 23 heavy (non-hydrogen) atoms. The molecule has 0 unspecified atom stereocenters. The summed E-state index contributed by atoms with van der Waals surface area (Å²) < 4.78 is 16.0. The highest BCUT2D eigenvalue weighted by molar-refractivity contribution is 5.42. The van der Waals surface area contributed by atoms with E-state index in [2.05, 4.69) is 30.0 Å². The number of methoxy groups -OCH3 is 3. The Kier molecular flexibility index (Phi) is 6.29. The third kappa shape index (κ3) is 4.63. The molecular formula is C19H25NO3. The summed E-state index contributed by atoms with van der Waals surface area (Å²) in [5.41, 5.74) is 2.44. The SMILES string of the molecule is CCN(Cc1cccc(OC)c1)Cc1ccc(OC)c(OC)c1. The van der Waals surface area contributed by atoms with Gasteiger partial charge < -0.3 is 14.2 Å². The van der Waals surface area contributed by atoms with Gasteiger partial charge in [0.2, 0.25) is 0 Å². The molecule has 4 heteroatoms. The first-order chi connectivity index (χ1) is 11.2. The van der Waals surface area contributed by atoms with Crippen molar-refractivity contribution in [2.24, 2.45) is 0 Å². The van der Waals surface area contributed by atoms with Crippen LogP contribution in [0.15, 0.2) is 42.5 Å². The molecule has 0 spiro atoms. The van der Waals surface area contributed by atoms with Gasteiger partial charge in [-0.25, -0.2) is 0 Å². The third-order valence-corrected chi connectivity index (χ3v) is 3.84. The van der Waals surface area contributed by atoms with Crippen molar-refractivity contribution < 1.29 is 14.2 Å². The quantitative estimate of drug-likeness (QED) is 0.742. The van der Waals surface area contributed by atoms with Crippen LogP contribution in [0.25, 0.3) is 0 Å². The lowest BCUT2D eigenvalue weighted by Gasteiger charge is -2.21. The molecule has 0 aromatic heterocycles. The Morgan fingerprint density at radius 1 is 0.783 bits per heavy atom. The molecule has 0 bridgehead atoms. The van der Waals surface area contributed by atoms with Gasteiger partial charge in [-0.05, 0) is 41.9 Å². The van der Waals surface area contributed by atoms with Crippen LogP contribution in [0, 0.1) is 0 Å². The Bertz CT molecular complexity index is 628. The van der Waals surface area contributed by atoms with E-state index < -0.39 is 0 Å². The van der Waals surface area contributed by atoms with Crippen LogP contribution in [0.3, 0.4) is 0 Å². The molecular weight excluding hydrogens is 290 g/mol. The van der Waals surface area contributed by atoms with Gasteiger partial charge in [0.25, 0.3) is 0 Å². The number of ether oxygens (including phenoxy) is 3. The second-order valence-corrected chi connectivity index (χ2v) is 5.34. The van der Waals surface area contributed by atoms with Crippen molar-refractivity contribution in [3.8, 4) is 17.2 Å². The number of hydrogen-bond acceptors (Lipinski definition) is 4. The Hall–Kier alpha value is -2.20. The molecule has 0 aliphatic heterocycles. The molecule has 2 aromatic rings. The van der Waals surface area contributed by atoms with E-state index in [1.165, 1.54) is 11.1 Å². The fourth-order valence-corrected chi connectivity index (χ4v) is 2.55. The minimum absolute atomic E-state index is 0.757. The van der Waals surface area contributed by atoms with Gasteiger partial charge in [0.15, 0.2) is 11.5 Å². The lowest BCUT2D eigenvalue weighted by atomic mass is 10.1. The normalized spacial score (nSPS) is 10.7. The van der Waals surface area contributed by atoms with Crippen molar-refractivity contribution >= 4 is 0 Å². The van der Waals surface area contributed by atoms with Crippen LogP contribution in [-0.2, 0) is 13.1 Å². The lowest BCUT2D eigenvalue weighted by Crippen LogP contribution is -2.22. The summed E-state index contributed by atoms with van der Waals surface area (Å²) in [5.74, 6) is 2.42. The van der Waals surface area contributed by atoms with E-state index in [1.807, 2.05) is 24.3 Å². The monoisotopic (exact) mass is 315 g/mol. The predicted octanol–water partition coefficient (Wildman–Crippen LogP) is 3.73. The topological polar surface area (TPSA) is 30.9 Å².